The molecule has 2 rings (SSSR count). The van der Waals surface area contributed by atoms with Crippen LogP contribution in [-0.4, -0.2) is 16.6 Å². The minimum atomic E-state index is -0.116. The van der Waals surface area contributed by atoms with Crippen LogP contribution in [0.3, 0.4) is 0 Å². The van der Waals surface area contributed by atoms with E-state index < -0.39 is 0 Å². The molecule has 2 aromatic rings. The van der Waals surface area contributed by atoms with Crippen LogP contribution >= 0.6 is 11.8 Å². The van der Waals surface area contributed by atoms with E-state index in [0.29, 0.717) is 17.3 Å². The summed E-state index contributed by atoms with van der Waals surface area (Å²) in [7, 11) is 0. The van der Waals surface area contributed by atoms with E-state index in [-0.39, 0.29) is 5.91 Å². The molecule has 0 bridgehead atoms. The van der Waals surface area contributed by atoms with Crippen molar-refractivity contribution in [2.75, 3.05) is 16.8 Å². The maximum Gasteiger partial charge on any atom is 0.235 e. The number of nitrogen functional groups attached to an aromatic ring is 1. The van der Waals surface area contributed by atoms with Gasteiger partial charge in [0, 0.05) is 11.1 Å². The molecule has 3 N–H and O–H groups in total. The molecule has 5 heteroatoms. The zero-order valence-electron chi connectivity index (χ0n) is 9.67. The smallest absolute Gasteiger partial charge is 0.235 e. The topological polar surface area (TPSA) is 68.0 Å². The molecule has 0 aliphatic carbocycles. The van der Waals surface area contributed by atoms with E-state index in [4.69, 9.17) is 5.73 Å². The van der Waals surface area contributed by atoms with Crippen molar-refractivity contribution >= 4 is 29.2 Å². The van der Waals surface area contributed by atoms with Crippen LogP contribution in [0, 0.1) is 0 Å². The Bertz CT molecular complexity index is 531. The lowest BCUT2D eigenvalue weighted by Crippen LogP contribution is -2.16. The van der Waals surface area contributed by atoms with Gasteiger partial charge in [-0.05, 0) is 24.3 Å². The molecular formula is C13H13N3OS. The average Bonchev–Trinajstić information content (AvgIpc) is 2.40. The summed E-state index contributed by atoms with van der Waals surface area (Å²) in [6.45, 7) is 0. The highest BCUT2D eigenvalue weighted by molar-refractivity contribution is 8.00. The molecule has 0 radical (unpaired) electrons. The third-order valence-electron chi connectivity index (χ3n) is 2.21. The maximum absolute atomic E-state index is 11.7. The molecule has 1 aromatic carbocycles. The number of nitrogens with one attached hydrogen (secondary N) is 1. The predicted octanol–water partition coefficient (Wildman–Crippen LogP) is 2.39. The molecule has 92 valence electrons. The molecule has 1 aromatic heterocycles. The second-order valence-electron chi connectivity index (χ2n) is 3.59. The van der Waals surface area contributed by atoms with Gasteiger partial charge in [-0.1, -0.05) is 18.2 Å². The third-order valence-corrected chi connectivity index (χ3v) is 3.22. The highest BCUT2D eigenvalue weighted by Gasteiger charge is 2.06. The molecule has 0 atom stereocenters. The number of thioether (sulfide) groups is 1. The predicted molar refractivity (Wildman–Crippen MR) is 74.4 cm³/mol. The van der Waals surface area contributed by atoms with Crippen LogP contribution in [0.2, 0.25) is 0 Å². The van der Waals surface area contributed by atoms with Gasteiger partial charge in [-0.2, -0.15) is 0 Å². The van der Waals surface area contributed by atoms with Crippen LogP contribution in [0.4, 0.5) is 11.5 Å². The second kappa shape index (κ2) is 6.07. The number of amides is 1. The number of pyridine rings is 1. The number of hydrogen-bond acceptors (Lipinski definition) is 4. The van der Waals surface area contributed by atoms with E-state index in [9.17, 15) is 4.79 Å². The van der Waals surface area contributed by atoms with Crippen LogP contribution < -0.4 is 11.1 Å². The first kappa shape index (κ1) is 12.4. The van der Waals surface area contributed by atoms with Crippen LogP contribution in [0.15, 0.2) is 53.6 Å². The summed E-state index contributed by atoms with van der Waals surface area (Å²) in [5.74, 6) is 0.630. The van der Waals surface area contributed by atoms with Gasteiger partial charge in [0.1, 0.15) is 0 Å². The van der Waals surface area contributed by atoms with Crippen molar-refractivity contribution in [2.24, 2.45) is 0 Å². The Morgan fingerprint density at radius 2 is 2.00 bits per heavy atom. The molecule has 18 heavy (non-hydrogen) atoms. The second-order valence-corrected chi connectivity index (χ2v) is 4.64. The lowest BCUT2D eigenvalue weighted by molar-refractivity contribution is -0.113. The molecule has 0 unspecified atom stereocenters. The molecule has 0 fully saturated rings. The zero-order valence-corrected chi connectivity index (χ0v) is 10.5. The highest BCUT2D eigenvalue weighted by atomic mass is 32.2. The van der Waals surface area contributed by atoms with Gasteiger partial charge >= 0.3 is 0 Å². The van der Waals surface area contributed by atoms with Gasteiger partial charge in [0.05, 0.1) is 11.4 Å². The Labute approximate surface area is 110 Å². The van der Waals surface area contributed by atoms with Crippen molar-refractivity contribution in [2.45, 2.75) is 4.90 Å². The van der Waals surface area contributed by atoms with Crippen molar-refractivity contribution < 1.29 is 4.79 Å². The number of benzene rings is 1. The third kappa shape index (κ3) is 3.49. The summed E-state index contributed by atoms with van der Waals surface area (Å²) in [5, 5.41) is 2.68. The standard InChI is InChI=1S/C13H13N3OS/c14-11-7-4-8-15-13(11)16-12(17)9-18-10-5-2-1-3-6-10/h1-8H,9,14H2,(H,15,16,17). The number of anilines is 2. The summed E-state index contributed by atoms with van der Waals surface area (Å²) in [4.78, 5) is 16.8. The molecule has 0 saturated heterocycles. The molecule has 1 amide bonds. The minimum Gasteiger partial charge on any atom is -0.396 e. The number of aromatic nitrogens is 1. The average molecular weight is 259 g/mol. The minimum absolute atomic E-state index is 0.116. The van der Waals surface area contributed by atoms with Crippen molar-refractivity contribution in [3.05, 3.63) is 48.7 Å². The Morgan fingerprint density at radius 3 is 2.72 bits per heavy atom. The Hall–Kier alpha value is -2.01. The van der Waals surface area contributed by atoms with Gasteiger partial charge < -0.3 is 11.1 Å². The van der Waals surface area contributed by atoms with E-state index in [2.05, 4.69) is 10.3 Å². The molecule has 0 spiro atoms. The molecular weight excluding hydrogens is 246 g/mol. The summed E-state index contributed by atoms with van der Waals surface area (Å²) < 4.78 is 0. The molecule has 0 aliphatic heterocycles. The van der Waals surface area contributed by atoms with E-state index in [1.54, 1.807) is 18.3 Å². The zero-order chi connectivity index (χ0) is 12.8. The normalized spacial score (nSPS) is 10.0. The van der Waals surface area contributed by atoms with E-state index >= 15 is 0 Å². The van der Waals surface area contributed by atoms with Gasteiger partial charge in [0.25, 0.3) is 0 Å². The summed E-state index contributed by atoms with van der Waals surface area (Å²) in [6, 6.07) is 13.2. The largest absolute Gasteiger partial charge is 0.396 e. The van der Waals surface area contributed by atoms with Crippen LogP contribution in [0.5, 0.6) is 0 Å². The van der Waals surface area contributed by atoms with Crippen LogP contribution in [0.1, 0.15) is 0 Å². The Balaban J connectivity index is 1.88. The van der Waals surface area contributed by atoms with E-state index in [1.807, 2.05) is 30.3 Å². The highest BCUT2D eigenvalue weighted by Crippen LogP contribution is 2.18. The van der Waals surface area contributed by atoms with Gasteiger partial charge in [-0.25, -0.2) is 4.98 Å². The number of carbonyl (C=O) groups is 1. The van der Waals surface area contributed by atoms with Gasteiger partial charge in [0.2, 0.25) is 5.91 Å². The SMILES string of the molecule is Nc1cccnc1NC(=O)CSc1ccccc1. The number of nitrogens with zero attached hydrogens (tertiary/aromatic N) is 1. The summed E-state index contributed by atoms with van der Waals surface area (Å²) in [6.07, 6.45) is 1.59. The Kier molecular flexibility index (Phi) is 4.20. The molecule has 1 heterocycles. The van der Waals surface area contributed by atoms with Gasteiger partial charge in [0.15, 0.2) is 5.82 Å². The Morgan fingerprint density at radius 1 is 1.22 bits per heavy atom. The summed E-state index contributed by atoms with van der Waals surface area (Å²) >= 11 is 1.47. The molecule has 4 nitrogen and oxygen atoms in total. The maximum atomic E-state index is 11.7. The van der Waals surface area contributed by atoms with Crippen LogP contribution in [-0.2, 0) is 4.79 Å². The van der Waals surface area contributed by atoms with E-state index in [1.165, 1.54) is 11.8 Å². The molecule has 0 aliphatic rings. The fourth-order valence-electron chi connectivity index (χ4n) is 1.36. The number of hydrogen-bond donors (Lipinski definition) is 2. The fraction of sp³-hybridized carbons (Fsp3) is 0.0769. The van der Waals surface area contributed by atoms with Crippen LogP contribution in [0.25, 0.3) is 0 Å². The molecule has 0 saturated carbocycles. The first-order chi connectivity index (χ1) is 8.75. The lowest BCUT2D eigenvalue weighted by atomic mass is 10.4. The van der Waals surface area contributed by atoms with E-state index in [0.717, 1.165) is 4.90 Å². The summed E-state index contributed by atoms with van der Waals surface area (Å²) in [5.41, 5.74) is 6.16. The van der Waals surface area contributed by atoms with Crippen molar-refractivity contribution in [1.29, 1.82) is 0 Å². The quantitative estimate of drug-likeness (QED) is 0.827. The fourth-order valence-corrected chi connectivity index (χ4v) is 2.08. The number of rotatable bonds is 4. The first-order valence-corrected chi connectivity index (χ1v) is 6.42. The lowest BCUT2D eigenvalue weighted by Gasteiger charge is -2.06. The first-order valence-electron chi connectivity index (χ1n) is 5.44. The van der Waals surface area contributed by atoms with Crippen molar-refractivity contribution in [3.63, 3.8) is 0 Å². The number of carbonyl (C=O) groups excluding carboxylic acids is 1. The van der Waals surface area contributed by atoms with Gasteiger partial charge in [-0.15, -0.1) is 11.8 Å². The van der Waals surface area contributed by atoms with Crippen molar-refractivity contribution in [1.82, 2.24) is 4.98 Å². The number of nitrogens with two attached hydrogens (primary N) is 1. The monoisotopic (exact) mass is 259 g/mol. The van der Waals surface area contributed by atoms with Gasteiger partial charge in [-0.3, -0.25) is 4.79 Å². The van der Waals surface area contributed by atoms with Crippen molar-refractivity contribution in [3.8, 4) is 0 Å².